The van der Waals surface area contributed by atoms with Crippen molar-refractivity contribution in [1.29, 1.82) is 0 Å². The van der Waals surface area contributed by atoms with Gasteiger partial charge in [0.25, 0.3) is 0 Å². The van der Waals surface area contributed by atoms with Crippen LogP contribution in [0.1, 0.15) is 52.7 Å². The summed E-state index contributed by atoms with van der Waals surface area (Å²) in [7, 11) is 11.0. The van der Waals surface area contributed by atoms with Crippen molar-refractivity contribution in [3.8, 4) is 22.3 Å². The van der Waals surface area contributed by atoms with E-state index in [9.17, 15) is 0 Å². The molecule has 0 amide bonds. The third-order valence-electron chi connectivity index (χ3n) is 9.21. The topological polar surface area (TPSA) is 0 Å². The van der Waals surface area contributed by atoms with Gasteiger partial charge in [0.05, 0.1) is 0 Å². The summed E-state index contributed by atoms with van der Waals surface area (Å²) in [6, 6.07) is 53.4. The third kappa shape index (κ3) is 11.4. The van der Waals surface area contributed by atoms with Gasteiger partial charge >= 0.3 is 37.9 Å². The van der Waals surface area contributed by atoms with Crippen molar-refractivity contribution in [2.24, 2.45) is 10.8 Å². The van der Waals surface area contributed by atoms with Crippen molar-refractivity contribution in [2.75, 3.05) is 0 Å². The van der Waals surface area contributed by atoms with Crippen LogP contribution in [0, 0.1) is 10.8 Å². The molecule has 2 radical (unpaired) electrons. The number of halogens is 2. The molecule has 0 heterocycles. The van der Waals surface area contributed by atoms with Crippen LogP contribution in [0.3, 0.4) is 0 Å². The van der Waals surface area contributed by atoms with E-state index < -0.39 is 20.8 Å². The SMILES string of the molecule is CC(C)(C)Cc1cc2c(-c3ccc4ccccc4c3)cccc2[cH-]1.CC(C)(C)Cc1cc2c(-c3ccc4ccccc4c3)cccc2[cH-]1.C[Si]C.[Cl][Zr+2][Cl]. The van der Waals surface area contributed by atoms with Gasteiger partial charge < -0.3 is 0 Å². The van der Waals surface area contributed by atoms with Crippen LogP contribution in [0.4, 0.5) is 0 Å². The van der Waals surface area contributed by atoms with Crippen molar-refractivity contribution >= 4 is 69.6 Å². The van der Waals surface area contributed by atoms with Gasteiger partial charge in [-0.25, -0.2) is 0 Å². The summed E-state index contributed by atoms with van der Waals surface area (Å²) in [4.78, 5) is 0. The van der Waals surface area contributed by atoms with E-state index in [0.29, 0.717) is 10.8 Å². The maximum absolute atomic E-state index is 4.93. The molecule has 0 N–H and O–H groups in total. The standard InChI is InChI=1S/2C24H23.C2H6Si.2ClH.Zr/c2*1-24(2,3)16-17-13-20-9-6-10-22(23(20)14-17)21-12-11-18-7-4-5-8-19(18)15-21;1-3-2;;;/h2*4-15H,16H2,1-3H3;1-2H3;2*1H;/q2*-1;;;;+4/p-2. The predicted molar refractivity (Wildman–Crippen MR) is 240 cm³/mol. The summed E-state index contributed by atoms with van der Waals surface area (Å²) in [5.41, 5.74) is 8.76. The van der Waals surface area contributed by atoms with Crippen LogP contribution in [0.2, 0.25) is 13.1 Å². The van der Waals surface area contributed by atoms with Crippen LogP contribution in [0.25, 0.3) is 65.3 Å². The van der Waals surface area contributed by atoms with Crippen molar-refractivity contribution < 1.29 is 20.8 Å². The third-order valence-corrected chi connectivity index (χ3v) is 9.21. The molecule has 0 fully saturated rings. The molecule has 0 spiro atoms. The molecular formula is C50H52Cl2SiZr. The van der Waals surface area contributed by atoms with Crippen LogP contribution < -0.4 is 0 Å². The van der Waals surface area contributed by atoms with Crippen molar-refractivity contribution in [3.63, 3.8) is 0 Å². The Balaban J connectivity index is 0.000000182. The van der Waals surface area contributed by atoms with Crippen molar-refractivity contribution in [3.05, 3.63) is 157 Å². The molecule has 0 unspecified atom stereocenters. The molecule has 274 valence electrons. The van der Waals surface area contributed by atoms with Gasteiger partial charge in [0, 0.05) is 9.52 Å². The molecule has 0 nitrogen and oxygen atoms in total. The molecule has 0 saturated carbocycles. The number of benzene rings is 6. The average Bonchev–Trinajstić information content (AvgIpc) is 3.73. The first-order valence-corrected chi connectivity index (χ1v) is 27.1. The van der Waals surface area contributed by atoms with Gasteiger partial charge in [-0.15, -0.1) is 69.1 Å². The predicted octanol–water partition coefficient (Wildman–Crippen LogP) is 16.1. The van der Waals surface area contributed by atoms with Crippen LogP contribution in [-0.4, -0.2) is 9.52 Å². The molecular weight excluding hydrogens is 791 g/mol. The fourth-order valence-corrected chi connectivity index (χ4v) is 7.24. The number of rotatable bonds is 4. The van der Waals surface area contributed by atoms with Crippen molar-refractivity contribution in [2.45, 2.75) is 67.5 Å². The first kappa shape index (κ1) is 41.9. The zero-order valence-corrected chi connectivity index (χ0v) is 38.0. The fraction of sp³-hybridized carbons (Fsp3) is 0.240. The van der Waals surface area contributed by atoms with E-state index in [2.05, 4.69) is 200 Å². The Morgan fingerprint density at radius 1 is 0.481 bits per heavy atom. The van der Waals surface area contributed by atoms with E-state index in [1.165, 1.54) is 76.5 Å². The van der Waals surface area contributed by atoms with Gasteiger partial charge in [-0.05, 0) is 68.5 Å². The molecule has 0 atom stereocenters. The summed E-state index contributed by atoms with van der Waals surface area (Å²) in [5, 5.41) is 10.6. The second kappa shape index (κ2) is 19.1. The summed E-state index contributed by atoms with van der Waals surface area (Å²) in [6.07, 6.45) is 2.22. The zero-order chi connectivity index (χ0) is 38.9. The Morgan fingerprint density at radius 2 is 0.833 bits per heavy atom. The summed E-state index contributed by atoms with van der Waals surface area (Å²) in [5.74, 6) is 0. The maximum atomic E-state index is 4.93. The van der Waals surface area contributed by atoms with Gasteiger partial charge in [0.1, 0.15) is 0 Å². The average molecular weight is 843 g/mol. The van der Waals surface area contributed by atoms with Crippen LogP contribution in [0.5, 0.6) is 0 Å². The van der Waals surface area contributed by atoms with Crippen LogP contribution >= 0.6 is 17.0 Å². The van der Waals surface area contributed by atoms with Gasteiger partial charge in [0.15, 0.2) is 0 Å². The normalized spacial score (nSPS) is 11.3. The quantitative estimate of drug-likeness (QED) is 0.122. The first-order chi connectivity index (χ1) is 25.8. The molecule has 54 heavy (non-hydrogen) atoms. The van der Waals surface area contributed by atoms with E-state index in [0.717, 1.165) is 22.4 Å². The number of hydrogen-bond donors (Lipinski definition) is 0. The molecule has 0 bridgehead atoms. The van der Waals surface area contributed by atoms with E-state index in [4.69, 9.17) is 17.0 Å². The molecule has 0 aliphatic heterocycles. The van der Waals surface area contributed by atoms with Crippen LogP contribution in [0.15, 0.2) is 146 Å². The van der Waals surface area contributed by atoms with Gasteiger partial charge in [-0.2, -0.15) is 12.1 Å². The molecule has 0 saturated heterocycles. The molecule has 0 aromatic heterocycles. The molecule has 0 aliphatic rings. The Kier molecular flexibility index (Phi) is 14.8. The van der Waals surface area contributed by atoms with Crippen molar-refractivity contribution in [1.82, 2.24) is 0 Å². The number of fused-ring (bicyclic) bond motifs is 4. The Hall–Kier alpha value is -3.26. The van der Waals surface area contributed by atoms with Gasteiger partial charge in [0.2, 0.25) is 0 Å². The molecule has 8 rings (SSSR count). The second-order valence-electron chi connectivity index (χ2n) is 16.5. The van der Waals surface area contributed by atoms with Gasteiger partial charge in [-0.3, -0.25) is 0 Å². The second-order valence-corrected chi connectivity index (χ2v) is 21.2. The minimum absolute atomic E-state index is 0.313. The Morgan fingerprint density at radius 3 is 1.19 bits per heavy atom. The first-order valence-electron chi connectivity index (χ1n) is 18.7. The number of hydrogen-bond acceptors (Lipinski definition) is 0. The molecule has 4 heteroatoms. The minimum atomic E-state index is -0.826. The monoisotopic (exact) mass is 840 g/mol. The van der Waals surface area contributed by atoms with Crippen LogP contribution in [-0.2, 0) is 33.7 Å². The summed E-state index contributed by atoms with van der Waals surface area (Å²) < 4.78 is 0. The van der Waals surface area contributed by atoms with E-state index in [1.807, 2.05) is 0 Å². The summed E-state index contributed by atoms with van der Waals surface area (Å²) in [6.45, 7) is 18.1. The Labute approximate surface area is 345 Å². The molecule has 0 aliphatic carbocycles. The Bertz CT molecular complexity index is 2250. The fourth-order valence-electron chi connectivity index (χ4n) is 7.24. The molecule has 8 aromatic carbocycles. The van der Waals surface area contributed by atoms with E-state index in [-0.39, 0.29) is 0 Å². The zero-order valence-electron chi connectivity index (χ0n) is 33.0. The summed E-state index contributed by atoms with van der Waals surface area (Å²) >= 11 is -0.826. The van der Waals surface area contributed by atoms with E-state index in [1.54, 1.807) is 0 Å². The molecule has 8 aromatic rings. The van der Waals surface area contributed by atoms with Gasteiger partial charge in [-0.1, -0.05) is 151 Å². The van der Waals surface area contributed by atoms with E-state index >= 15 is 0 Å².